The van der Waals surface area contributed by atoms with Crippen LogP contribution in [0.4, 0.5) is 0 Å². The Morgan fingerprint density at radius 1 is 1.21 bits per heavy atom. The first-order valence-electron chi connectivity index (χ1n) is 6.59. The number of rotatable bonds is 4. The highest BCUT2D eigenvalue weighted by Gasteiger charge is 2.18. The van der Waals surface area contributed by atoms with Crippen molar-refractivity contribution < 1.29 is 5.11 Å². The van der Waals surface area contributed by atoms with Crippen LogP contribution in [0.5, 0.6) is 0 Å². The van der Waals surface area contributed by atoms with Gasteiger partial charge in [0.25, 0.3) is 0 Å². The van der Waals surface area contributed by atoms with Gasteiger partial charge >= 0.3 is 5.69 Å². The van der Waals surface area contributed by atoms with Gasteiger partial charge in [0, 0.05) is 12.4 Å². The maximum atomic E-state index is 12.4. The number of nitrogens with zero attached hydrogens (tertiary/aromatic N) is 2. The molecule has 2 aromatic rings. The highest BCUT2D eigenvalue weighted by atomic mass is 16.3. The van der Waals surface area contributed by atoms with Crippen LogP contribution in [0.15, 0.2) is 41.5 Å². The van der Waals surface area contributed by atoms with Gasteiger partial charge < -0.3 is 5.11 Å². The van der Waals surface area contributed by atoms with Crippen LogP contribution >= 0.6 is 0 Å². The summed E-state index contributed by atoms with van der Waals surface area (Å²) in [5.41, 5.74) is 1.89. The summed E-state index contributed by atoms with van der Waals surface area (Å²) in [5, 5.41) is 9.74. The Balaban J connectivity index is 2.43. The third-order valence-corrected chi connectivity index (χ3v) is 3.45. The van der Waals surface area contributed by atoms with Crippen LogP contribution in [0, 0.1) is 6.92 Å². The zero-order valence-corrected chi connectivity index (χ0v) is 11.6. The van der Waals surface area contributed by atoms with E-state index in [-0.39, 0.29) is 11.7 Å². The lowest BCUT2D eigenvalue weighted by Gasteiger charge is -2.18. The standard InChI is InChI=1S/C15H20N2O2/c1-4-14(12(3)18)17-10-9-16(15(17)19)13-7-5-11(2)6-8-13/h5-10,12,14,18H,4H2,1-3H3/t12-,14+/m1/s1. The van der Waals surface area contributed by atoms with Gasteiger partial charge in [0.2, 0.25) is 0 Å². The molecule has 0 aliphatic carbocycles. The molecule has 2 atom stereocenters. The number of aromatic nitrogens is 2. The van der Waals surface area contributed by atoms with Gasteiger partial charge in [0.05, 0.1) is 17.8 Å². The lowest BCUT2D eigenvalue weighted by atomic mass is 10.1. The predicted molar refractivity (Wildman–Crippen MR) is 75.8 cm³/mol. The highest BCUT2D eigenvalue weighted by molar-refractivity contribution is 5.34. The molecule has 1 aromatic heterocycles. The molecule has 4 heteroatoms. The van der Waals surface area contributed by atoms with Crippen molar-refractivity contribution in [3.05, 3.63) is 52.7 Å². The Morgan fingerprint density at radius 3 is 2.37 bits per heavy atom. The first-order chi connectivity index (χ1) is 9.04. The Labute approximate surface area is 112 Å². The molecule has 1 heterocycles. The number of aliphatic hydroxyl groups is 1. The van der Waals surface area contributed by atoms with E-state index in [9.17, 15) is 9.90 Å². The molecule has 4 nitrogen and oxygen atoms in total. The number of hydrogen-bond donors (Lipinski definition) is 1. The predicted octanol–water partition coefficient (Wildman–Crippen LogP) is 2.28. The maximum absolute atomic E-state index is 12.4. The van der Waals surface area contributed by atoms with Crippen LogP contribution in [-0.4, -0.2) is 20.3 Å². The van der Waals surface area contributed by atoms with Crippen LogP contribution in [-0.2, 0) is 0 Å². The van der Waals surface area contributed by atoms with Gasteiger partial charge in [-0.1, -0.05) is 24.6 Å². The third-order valence-electron chi connectivity index (χ3n) is 3.45. The van der Waals surface area contributed by atoms with E-state index < -0.39 is 6.10 Å². The molecule has 0 fully saturated rings. The minimum atomic E-state index is -0.545. The number of benzene rings is 1. The molecular weight excluding hydrogens is 240 g/mol. The zero-order chi connectivity index (χ0) is 14.0. The quantitative estimate of drug-likeness (QED) is 0.916. The summed E-state index contributed by atoms with van der Waals surface area (Å²) in [5.74, 6) is 0. The summed E-state index contributed by atoms with van der Waals surface area (Å²) in [7, 11) is 0. The summed E-state index contributed by atoms with van der Waals surface area (Å²) < 4.78 is 3.20. The maximum Gasteiger partial charge on any atom is 0.333 e. The number of aliphatic hydroxyl groups excluding tert-OH is 1. The summed E-state index contributed by atoms with van der Waals surface area (Å²) >= 11 is 0. The van der Waals surface area contributed by atoms with E-state index in [2.05, 4.69) is 0 Å². The second kappa shape index (κ2) is 5.45. The molecule has 0 saturated carbocycles. The lowest BCUT2D eigenvalue weighted by molar-refractivity contribution is 0.125. The molecule has 1 N–H and O–H groups in total. The molecule has 0 unspecified atom stereocenters. The van der Waals surface area contributed by atoms with E-state index in [0.717, 1.165) is 17.7 Å². The second-order valence-corrected chi connectivity index (χ2v) is 4.91. The molecule has 1 aromatic carbocycles. The molecular formula is C15H20N2O2. The Bertz CT molecular complexity index is 593. The smallest absolute Gasteiger partial charge is 0.333 e. The monoisotopic (exact) mass is 260 g/mol. The first-order valence-corrected chi connectivity index (χ1v) is 6.59. The molecule has 0 radical (unpaired) electrons. The molecule has 2 rings (SSSR count). The van der Waals surface area contributed by atoms with Crippen molar-refractivity contribution in [2.24, 2.45) is 0 Å². The fourth-order valence-electron chi connectivity index (χ4n) is 2.31. The van der Waals surface area contributed by atoms with E-state index in [1.54, 1.807) is 28.5 Å². The van der Waals surface area contributed by atoms with Crippen LogP contribution in [0.25, 0.3) is 5.69 Å². The Kier molecular flexibility index (Phi) is 3.90. The SMILES string of the molecule is CC[C@@H]([C@@H](C)O)n1ccn(-c2ccc(C)cc2)c1=O. The first kappa shape index (κ1) is 13.6. The topological polar surface area (TPSA) is 47.2 Å². The summed E-state index contributed by atoms with van der Waals surface area (Å²) in [6.45, 7) is 5.69. The van der Waals surface area contributed by atoms with Crippen molar-refractivity contribution in [1.29, 1.82) is 0 Å². The van der Waals surface area contributed by atoms with Gasteiger partial charge in [-0.2, -0.15) is 0 Å². The fraction of sp³-hybridized carbons (Fsp3) is 0.400. The van der Waals surface area contributed by atoms with Crippen molar-refractivity contribution in [3.8, 4) is 5.69 Å². The summed E-state index contributed by atoms with van der Waals surface area (Å²) in [6.07, 6.45) is 3.66. The van der Waals surface area contributed by atoms with Gasteiger partial charge in [0.15, 0.2) is 0 Å². The molecule has 0 aliphatic rings. The van der Waals surface area contributed by atoms with E-state index in [0.29, 0.717) is 0 Å². The molecule has 0 amide bonds. The second-order valence-electron chi connectivity index (χ2n) is 4.91. The van der Waals surface area contributed by atoms with E-state index in [1.165, 1.54) is 0 Å². The van der Waals surface area contributed by atoms with Gasteiger partial charge in [-0.05, 0) is 32.4 Å². The molecule has 0 aliphatic heterocycles. The van der Waals surface area contributed by atoms with Crippen LogP contribution in [0.1, 0.15) is 31.9 Å². The van der Waals surface area contributed by atoms with Gasteiger partial charge in [-0.15, -0.1) is 0 Å². The molecule has 0 spiro atoms. The average Bonchev–Trinajstić information content (AvgIpc) is 2.73. The summed E-state index contributed by atoms with van der Waals surface area (Å²) in [4.78, 5) is 12.4. The third kappa shape index (κ3) is 2.63. The van der Waals surface area contributed by atoms with E-state index in [1.807, 2.05) is 38.1 Å². The number of imidazole rings is 1. The van der Waals surface area contributed by atoms with Crippen molar-refractivity contribution in [1.82, 2.24) is 9.13 Å². The normalized spacial score (nSPS) is 14.3. The molecule has 0 bridgehead atoms. The van der Waals surface area contributed by atoms with Gasteiger partial charge in [-0.3, -0.25) is 9.13 Å². The van der Waals surface area contributed by atoms with Crippen molar-refractivity contribution in [2.75, 3.05) is 0 Å². The van der Waals surface area contributed by atoms with Gasteiger partial charge in [0.1, 0.15) is 0 Å². The van der Waals surface area contributed by atoms with E-state index in [4.69, 9.17) is 0 Å². The molecule has 102 valence electrons. The van der Waals surface area contributed by atoms with Crippen LogP contribution < -0.4 is 5.69 Å². The van der Waals surface area contributed by atoms with E-state index >= 15 is 0 Å². The molecule has 0 saturated heterocycles. The number of hydrogen-bond acceptors (Lipinski definition) is 2. The average molecular weight is 260 g/mol. The van der Waals surface area contributed by atoms with Crippen molar-refractivity contribution in [3.63, 3.8) is 0 Å². The largest absolute Gasteiger partial charge is 0.391 e. The van der Waals surface area contributed by atoms with Crippen LogP contribution in [0.3, 0.4) is 0 Å². The van der Waals surface area contributed by atoms with Crippen LogP contribution in [0.2, 0.25) is 0 Å². The zero-order valence-electron chi connectivity index (χ0n) is 11.6. The van der Waals surface area contributed by atoms with Crippen molar-refractivity contribution in [2.45, 2.75) is 39.3 Å². The summed E-state index contributed by atoms with van der Waals surface area (Å²) in [6, 6.07) is 7.62. The Hall–Kier alpha value is -1.81. The highest BCUT2D eigenvalue weighted by Crippen LogP contribution is 2.15. The lowest BCUT2D eigenvalue weighted by Crippen LogP contribution is -2.31. The number of aryl methyl sites for hydroxylation is 1. The van der Waals surface area contributed by atoms with Gasteiger partial charge in [-0.25, -0.2) is 4.79 Å². The molecule has 19 heavy (non-hydrogen) atoms. The minimum absolute atomic E-state index is 0.114. The Morgan fingerprint density at radius 2 is 1.84 bits per heavy atom. The minimum Gasteiger partial charge on any atom is -0.391 e. The van der Waals surface area contributed by atoms with Crippen molar-refractivity contribution >= 4 is 0 Å². The fourth-order valence-corrected chi connectivity index (χ4v) is 2.31.